The molecule has 0 saturated carbocycles. The molecule has 0 spiro atoms. The Balaban J connectivity index is 1.97. The summed E-state index contributed by atoms with van der Waals surface area (Å²) >= 11 is 6.31. The highest BCUT2D eigenvalue weighted by Crippen LogP contribution is 2.30. The first-order chi connectivity index (χ1) is 10.8. The number of ether oxygens (including phenoxy) is 1. The van der Waals surface area contributed by atoms with Gasteiger partial charge in [0, 0.05) is 12.1 Å². The van der Waals surface area contributed by atoms with Gasteiger partial charge in [-0.25, -0.2) is 8.42 Å². The van der Waals surface area contributed by atoms with E-state index in [0.717, 1.165) is 16.8 Å². The fourth-order valence-corrected chi connectivity index (χ4v) is 4.82. The van der Waals surface area contributed by atoms with Crippen LogP contribution in [0.2, 0.25) is 0 Å². The zero-order valence-electron chi connectivity index (χ0n) is 12.6. The zero-order chi connectivity index (χ0) is 16.6. The van der Waals surface area contributed by atoms with Crippen molar-refractivity contribution < 1.29 is 13.2 Å². The van der Waals surface area contributed by atoms with E-state index < -0.39 is 10.0 Å². The van der Waals surface area contributed by atoms with Gasteiger partial charge in [-0.1, -0.05) is 6.07 Å². The van der Waals surface area contributed by atoms with Gasteiger partial charge in [-0.15, -0.1) is 11.3 Å². The fourth-order valence-electron chi connectivity index (χ4n) is 2.43. The van der Waals surface area contributed by atoms with E-state index in [9.17, 15) is 8.42 Å². The van der Waals surface area contributed by atoms with Gasteiger partial charge in [0.05, 0.1) is 5.69 Å². The van der Waals surface area contributed by atoms with Gasteiger partial charge in [-0.3, -0.25) is 4.72 Å². The zero-order valence-corrected chi connectivity index (χ0v) is 15.1. The van der Waals surface area contributed by atoms with Crippen LogP contribution in [-0.4, -0.2) is 19.7 Å². The Labute approximate surface area is 144 Å². The van der Waals surface area contributed by atoms with Gasteiger partial charge in [0.2, 0.25) is 0 Å². The number of thiophene rings is 1. The summed E-state index contributed by atoms with van der Waals surface area (Å²) < 4.78 is 33.3. The highest BCUT2D eigenvalue weighted by Gasteiger charge is 2.21. The normalized spacial score (nSPS) is 17.7. The second-order valence-electron chi connectivity index (χ2n) is 5.41. The van der Waals surface area contributed by atoms with Crippen LogP contribution in [0.25, 0.3) is 0 Å². The molecule has 1 aliphatic heterocycles. The molecule has 1 atom stereocenters. The lowest BCUT2D eigenvalue weighted by molar-refractivity contribution is 0.217. The molecule has 0 amide bonds. The number of thiocarbonyl (C=S) groups is 1. The van der Waals surface area contributed by atoms with Gasteiger partial charge < -0.3 is 10.1 Å². The summed E-state index contributed by atoms with van der Waals surface area (Å²) in [4.78, 5) is 0. The van der Waals surface area contributed by atoms with Crippen LogP contribution in [0, 0.1) is 6.92 Å². The quantitative estimate of drug-likeness (QED) is 0.812. The van der Waals surface area contributed by atoms with Crippen molar-refractivity contribution in [2.24, 2.45) is 0 Å². The minimum absolute atomic E-state index is 0.0688. The molecule has 3 rings (SSSR count). The highest BCUT2D eigenvalue weighted by atomic mass is 32.2. The van der Waals surface area contributed by atoms with Gasteiger partial charge >= 0.3 is 0 Å². The summed E-state index contributed by atoms with van der Waals surface area (Å²) in [7, 11) is -3.56. The smallest absolute Gasteiger partial charge is 0.271 e. The Hall–Kier alpha value is -1.64. The van der Waals surface area contributed by atoms with Gasteiger partial charge in [0.1, 0.15) is 10.3 Å². The van der Waals surface area contributed by atoms with Crippen molar-refractivity contribution >= 4 is 50.1 Å². The summed E-state index contributed by atoms with van der Waals surface area (Å²) in [6, 6.07) is 7.03. The number of benzene rings is 1. The van der Waals surface area contributed by atoms with E-state index in [4.69, 9.17) is 17.0 Å². The van der Waals surface area contributed by atoms with Gasteiger partial charge in [0.15, 0.2) is 0 Å². The lowest BCUT2D eigenvalue weighted by Gasteiger charge is -2.14. The molecule has 2 N–H and O–H groups in total. The first-order valence-electron chi connectivity index (χ1n) is 7.02. The first kappa shape index (κ1) is 16.2. The standard InChI is InChI=1S/C15H16N2O3S3/c1-9-6-13-11(7-10(2)20-15(21)16-13)8-12(9)17-23(18,19)14-4-3-5-22-14/h3-6,8,10,17H,7H2,1-2H3,(H,16,21). The third-order valence-corrected chi connectivity index (χ3v) is 6.47. The van der Waals surface area contributed by atoms with E-state index in [-0.39, 0.29) is 6.10 Å². The van der Waals surface area contributed by atoms with Crippen LogP contribution in [0.15, 0.2) is 33.9 Å². The lowest BCUT2D eigenvalue weighted by atomic mass is 10.0. The Morgan fingerprint density at radius 2 is 2.22 bits per heavy atom. The molecule has 0 radical (unpaired) electrons. The maximum atomic E-state index is 12.4. The van der Waals surface area contributed by atoms with E-state index in [1.54, 1.807) is 17.5 Å². The molecule has 8 heteroatoms. The average Bonchev–Trinajstić information content (AvgIpc) is 2.94. The molecule has 1 unspecified atom stereocenters. The Morgan fingerprint density at radius 1 is 1.43 bits per heavy atom. The van der Waals surface area contributed by atoms with Crippen LogP contribution in [0.5, 0.6) is 0 Å². The number of nitrogens with one attached hydrogen (secondary N) is 2. The molecule has 2 aromatic rings. The Morgan fingerprint density at radius 3 is 2.91 bits per heavy atom. The van der Waals surface area contributed by atoms with E-state index >= 15 is 0 Å². The molecule has 1 aromatic carbocycles. The van der Waals surface area contributed by atoms with Crippen molar-refractivity contribution in [2.75, 3.05) is 10.0 Å². The van der Waals surface area contributed by atoms with E-state index in [2.05, 4.69) is 10.0 Å². The van der Waals surface area contributed by atoms with Crippen LogP contribution in [0.4, 0.5) is 11.4 Å². The molecule has 23 heavy (non-hydrogen) atoms. The van der Waals surface area contributed by atoms with E-state index in [0.29, 0.717) is 21.5 Å². The van der Waals surface area contributed by atoms with Crippen LogP contribution < -0.4 is 10.0 Å². The minimum Gasteiger partial charge on any atom is -0.467 e. The molecule has 0 bridgehead atoms. The molecular formula is C15H16N2O3S3. The number of fused-ring (bicyclic) bond motifs is 1. The SMILES string of the molecule is Cc1cc2c(cc1NS(=O)(=O)c1cccs1)CC(C)OC(=S)N2. The van der Waals surface area contributed by atoms with Crippen molar-refractivity contribution in [3.8, 4) is 0 Å². The molecule has 122 valence electrons. The van der Waals surface area contributed by atoms with E-state index in [1.165, 1.54) is 11.3 Å². The highest BCUT2D eigenvalue weighted by molar-refractivity contribution is 7.94. The summed E-state index contributed by atoms with van der Waals surface area (Å²) in [5.41, 5.74) is 3.20. The van der Waals surface area contributed by atoms with Crippen molar-refractivity contribution in [1.29, 1.82) is 0 Å². The number of hydrogen-bond acceptors (Lipinski definition) is 5. The molecule has 1 aliphatic rings. The molecule has 5 nitrogen and oxygen atoms in total. The van der Waals surface area contributed by atoms with Gasteiger partial charge in [0.25, 0.3) is 15.2 Å². The molecule has 1 aromatic heterocycles. The number of sulfonamides is 1. The van der Waals surface area contributed by atoms with Gasteiger partial charge in [-0.05, 0) is 60.8 Å². The second kappa shape index (κ2) is 6.10. The number of hydrogen-bond donors (Lipinski definition) is 2. The maximum absolute atomic E-state index is 12.4. The predicted molar refractivity (Wildman–Crippen MR) is 96.8 cm³/mol. The Bertz CT molecular complexity index is 845. The van der Waals surface area contributed by atoms with Crippen LogP contribution in [0.1, 0.15) is 18.1 Å². The van der Waals surface area contributed by atoms with Crippen molar-refractivity contribution in [3.63, 3.8) is 0 Å². The summed E-state index contributed by atoms with van der Waals surface area (Å²) in [5.74, 6) is 0. The average molecular weight is 369 g/mol. The number of rotatable bonds is 3. The molecular weight excluding hydrogens is 352 g/mol. The molecule has 0 aliphatic carbocycles. The molecule has 2 heterocycles. The van der Waals surface area contributed by atoms with Crippen molar-refractivity contribution in [3.05, 3.63) is 40.8 Å². The number of anilines is 2. The Kier molecular flexibility index (Phi) is 4.31. The summed E-state index contributed by atoms with van der Waals surface area (Å²) in [6.45, 7) is 3.78. The molecule has 0 saturated heterocycles. The monoisotopic (exact) mass is 368 g/mol. The van der Waals surface area contributed by atoms with Crippen LogP contribution >= 0.6 is 23.6 Å². The topological polar surface area (TPSA) is 67.4 Å². The van der Waals surface area contributed by atoms with Crippen molar-refractivity contribution in [1.82, 2.24) is 0 Å². The fraction of sp³-hybridized carbons (Fsp3) is 0.267. The van der Waals surface area contributed by atoms with Crippen molar-refractivity contribution in [2.45, 2.75) is 30.6 Å². The largest absolute Gasteiger partial charge is 0.467 e. The lowest BCUT2D eigenvalue weighted by Crippen LogP contribution is -2.16. The van der Waals surface area contributed by atoms with Gasteiger partial charge in [-0.2, -0.15) is 0 Å². The third-order valence-electron chi connectivity index (χ3n) is 3.51. The second-order valence-corrected chi connectivity index (χ2v) is 8.63. The van der Waals surface area contributed by atoms with E-state index in [1.807, 2.05) is 26.0 Å². The number of aryl methyl sites for hydroxylation is 1. The summed E-state index contributed by atoms with van der Waals surface area (Å²) in [6.07, 6.45) is 0.581. The minimum atomic E-state index is -3.56. The summed E-state index contributed by atoms with van der Waals surface area (Å²) in [5, 5.41) is 5.12. The van der Waals surface area contributed by atoms with Crippen LogP contribution in [-0.2, 0) is 21.2 Å². The predicted octanol–water partition coefficient (Wildman–Crippen LogP) is 3.52. The third kappa shape index (κ3) is 3.49. The first-order valence-corrected chi connectivity index (χ1v) is 9.80. The van der Waals surface area contributed by atoms with Crippen LogP contribution in [0.3, 0.4) is 0 Å². The maximum Gasteiger partial charge on any atom is 0.271 e. The molecule has 0 fully saturated rings.